The van der Waals surface area contributed by atoms with Gasteiger partial charge in [-0.05, 0) is 38.3 Å². The third-order valence-electron chi connectivity index (χ3n) is 8.94. The number of alkyl halides is 4. The summed E-state index contributed by atoms with van der Waals surface area (Å²) in [4.78, 5) is 16.7. The SMILES string of the molecule is Cc1c(F)c(N)cc(-c2nc3c4c(nc(N5C[C@H](F)[C@H]5CO)nc4c2F)N2C[C@H]4CC[C@H](N4)[C@H]2[C@H](C)O3)c1C(F)(F)F. The lowest BCUT2D eigenvalue weighted by atomic mass is 9.96. The molecule has 15 heteroatoms. The largest absolute Gasteiger partial charge is 0.472 e. The molecule has 7 rings (SSSR count). The van der Waals surface area contributed by atoms with E-state index in [4.69, 9.17) is 15.5 Å². The standard InChI is InChI=1S/C27H27F6N7O2/c1-9-18(27(31,32)33)12(5-14(34)19(9)29)21-20(30)22-17-24(38-26(37-22)39-7-13(28)16(39)8-41)40-6-11-3-4-15(35-11)23(40)10(2)42-25(17)36-21/h5,10-11,13,15-16,23,35,41H,3-4,6-8,34H2,1-2H3/t10-,11+,13-,15-,16+,23+/m0/s1. The number of nitrogens with one attached hydrogen (secondary N) is 1. The fraction of sp³-hybridized carbons (Fsp3) is 0.519. The summed E-state index contributed by atoms with van der Waals surface area (Å²) < 4.78 is 94.5. The van der Waals surface area contributed by atoms with Crippen molar-refractivity contribution in [3.8, 4) is 17.1 Å². The molecule has 6 heterocycles. The number of aliphatic hydroxyl groups is 1. The van der Waals surface area contributed by atoms with E-state index in [1.807, 2.05) is 4.90 Å². The van der Waals surface area contributed by atoms with Gasteiger partial charge in [0.1, 0.15) is 40.5 Å². The van der Waals surface area contributed by atoms with Crippen molar-refractivity contribution in [1.82, 2.24) is 20.3 Å². The molecule has 42 heavy (non-hydrogen) atoms. The molecule has 4 N–H and O–H groups in total. The maximum Gasteiger partial charge on any atom is 0.417 e. The summed E-state index contributed by atoms with van der Waals surface area (Å²) in [6.45, 7) is 2.49. The van der Waals surface area contributed by atoms with Crippen LogP contribution in [-0.2, 0) is 6.18 Å². The number of halogens is 6. The minimum atomic E-state index is -5.07. The number of rotatable bonds is 3. The van der Waals surface area contributed by atoms with Gasteiger partial charge < -0.3 is 30.7 Å². The predicted molar refractivity (Wildman–Crippen MR) is 141 cm³/mol. The van der Waals surface area contributed by atoms with Crippen LogP contribution < -0.4 is 25.6 Å². The van der Waals surface area contributed by atoms with Crippen molar-refractivity contribution in [2.45, 2.75) is 69.3 Å². The number of hydrogen-bond acceptors (Lipinski definition) is 9. The Morgan fingerprint density at radius 1 is 1.12 bits per heavy atom. The summed E-state index contributed by atoms with van der Waals surface area (Å²) in [6, 6.07) is -0.439. The lowest BCUT2D eigenvalue weighted by molar-refractivity contribution is -0.137. The quantitative estimate of drug-likeness (QED) is 0.310. The summed E-state index contributed by atoms with van der Waals surface area (Å²) >= 11 is 0. The molecule has 0 unspecified atom stereocenters. The first-order valence-electron chi connectivity index (χ1n) is 13.7. The van der Waals surface area contributed by atoms with Crippen LogP contribution in [0.15, 0.2) is 6.07 Å². The Balaban J connectivity index is 1.53. The Bertz CT molecular complexity index is 1620. The molecular formula is C27H27F6N7O2. The number of fused-ring (bicyclic) bond motifs is 5. The summed E-state index contributed by atoms with van der Waals surface area (Å²) in [7, 11) is 0. The van der Waals surface area contributed by atoms with Crippen LogP contribution >= 0.6 is 0 Å². The maximum atomic E-state index is 16.6. The van der Waals surface area contributed by atoms with Gasteiger partial charge in [-0.2, -0.15) is 18.2 Å². The van der Waals surface area contributed by atoms with Crippen LogP contribution in [-0.4, -0.2) is 76.2 Å². The van der Waals surface area contributed by atoms with E-state index in [1.165, 1.54) is 4.90 Å². The highest BCUT2D eigenvalue weighted by atomic mass is 19.4. The Morgan fingerprint density at radius 2 is 1.88 bits per heavy atom. The lowest BCUT2D eigenvalue weighted by Crippen LogP contribution is -2.63. The molecule has 224 valence electrons. The number of nitrogens with zero attached hydrogens (tertiary/aromatic N) is 5. The van der Waals surface area contributed by atoms with Crippen LogP contribution in [0.25, 0.3) is 22.2 Å². The zero-order valence-electron chi connectivity index (χ0n) is 22.5. The zero-order chi connectivity index (χ0) is 29.8. The molecule has 0 spiro atoms. The van der Waals surface area contributed by atoms with E-state index in [9.17, 15) is 27.1 Å². The molecule has 0 saturated carbocycles. The van der Waals surface area contributed by atoms with Crippen LogP contribution in [0.3, 0.4) is 0 Å². The van der Waals surface area contributed by atoms with Gasteiger partial charge in [-0.25, -0.2) is 23.1 Å². The summed E-state index contributed by atoms with van der Waals surface area (Å²) in [5.74, 6) is -2.49. The van der Waals surface area contributed by atoms with Crippen LogP contribution in [0.1, 0.15) is 30.9 Å². The molecule has 0 amide bonds. The number of benzene rings is 1. The molecule has 2 bridgehead atoms. The van der Waals surface area contributed by atoms with E-state index in [1.54, 1.807) is 6.92 Å². The van der Waals surface area contributed by atoms with Crippen molar-refractivity contribution in [3.05, 3.63) is 28.8 Å². The van der Waals surface area contributed by atoms with Crippen LogP contribution in [0, 0.1) is 18.6 Å². The second-order valence-corrected chi connectivity index (χ2v) is 11.4. The average molecular weight is 596 g/mol. The highest BCUT2D eigenvalue weighted by molar-refractivity contribution is 5.98. The van der Waals surface area contributed by atoms with Gasteiger partial charge in [0.05, 0.1) is 36.5 Å². The summed E-state index contributed by atoms with van der Waals surface area (Å²) in [5, 5.41) is 13.4. The minimum Gasteiger partial charge on any atom is -0.472 e. The molecule has 2 aromatic heterocycles. The minimum absolute atomic E-state index is 0.00774. The van der Waals surface area contributed by atoms with Crippen molar-refractivity contribution in [3.63, 3.8) is 0 Å². The Hall–Kier alpha value is -3.59. The van der Waals surface area contributed by atoms with Gasteiger partial charge >= 0.3 is 6.18 Å². The smallest absolute Gasteiger partial charge is 0.417 e. The first-order valence-corrected chi connectivity index (χ1v) is 13.7. The molecular weight excluding hydrogens is 568 g/mol. The molecule has 3 saturated heterocycles. The first kappa shape index (κ1) is 27.3. The number of nitrogen functional groups attached to an aromatic ring is 1. The van der Waals surface area contributed by atoms with Crippen LogP contribution in [0.4, 0.5) is 43.8 Å². The number of anilines is 3. The summed E-state index contributed by atoms with van der Waals surface area (Å²) in [5.41, 5.74) is 0.940. The lowest BCUT2D eigenvalue weighted by Gasteiger charge is -2.44. The van der Waals surface area contributed by atoms with E-state index in [0.717, 1.165) is 19.8 Å². The third kappa shape index (κ3) is 3.81. The molecule has 4 aliphatic heterocycles. The van der Waals surface area contributed by atoms with E-state index >= 15 is 4.39 Å². The van der Waals surface area contributed by atoms with Gasteiger partial charge in [-0.3, -0.25) is 0 Å². The number of pyridine rings is 1. The van der Waals surface area contributed by atoms with Crippen molar-refractivity contribution in [2.75, 3.05) is 35.2 Å². The highest BCUT2D eigenvalue weighted by Gasteiger charge is 2.48. The van der Waals surface area contributed by atoms with E-state index in [0.29, 0.717) is 12.6 Å². The topological polar surface area (TPSA) is 113 Å². The van der Waals surface area contributed by atoms with Crippen LogP contribution in [0.5, 0.6) is 5.88 Å². The number of aliphatic hydroxyl groups excluding tert-OH is 1. The van der Waals surface area contributed by atoms with Crippen molar-refractivity contribution in [2.24, 2.45) is 0 Å². The fourth-order valence-corrected chi connectivity index (χ4v) is 6.92. The second-order valence-electron chi connectivity index (χ2n) is 11.4. The monoisotopic (exact) mass is 595 g/mol. The number of nitrogens with two attached hydrogens (primary N) is 1. The number of ether oxygens (including phenoxy) is 1. The van der Waals surface area contributed by atoms with Gasteiger partial charge in [0.2, 0.25) is 11.8 Å². The number of hydrogen-bond donors (Lipinski definition) is 3. The molecule has 3 fully saturated rings. The third-order valence-corrected chi connectivity index (χ3v) is 8.94. The van der Waals surface area contributed by atoms with Crippen molar-refractivity contribution in [1.29, 1.82) is 0 Å². The Kier molecular flexibility index (Phi) is 5.97. The van der Waals surface area contributed by atoms with Gasteiger partial charge in [-0.1, -0.05) is 0 Å². The number of aromatic nitrogens is 3. The van der Waals surface area contributed by atoms with E-state index in [2.05, 4.69) is 15.3 Å². The molecule has 9 nitrogen and oxygen atoms in total. The maximum absolute atomic E-state index is 16.6. The highest BCUT2D eigenvalue weighted by Crippen LogP contribution is 2.47. The molecule has 1 aromatic carbocycles. The average Bonchev–Trinajstić information content (AvgIpc) is 3.24. The van der Waals surface area contributed by atoms with Crippen LogP contribution in [0.2, 0.25) is 0 Å². The second kappa shape index (κ2) is 9.20. The molecule has 3 aromatic rings. The van der Waals surface area contributed by atoms with E-state index in [-0.39, 0.29) is 53.2 Å². The zero-order valence-corrected chi connectivity index (χ0v) is 22.5. The fourth-order valence-electron chi connectivity index (χ4n) is 6.92. The van der Waals surface area contributed by atoms with Gasteiger partial charge in [0.25, 0.3) is 0 Å². The predicted octanol–water partition coefficient (Wildman–Crippen LogP) is 3.49. The van der Waals surface area contributed by atoms with Gasteiger partial charge in [0.15, 0.2) is 5.82 Å². The Morgan fingerprint density at radius 3 is 2.57 bits per heavy atom. The normalized spacial score (nSPS) is 28.4. The number of piperazine rings is 1. The van der Waals surface area contributed by atoms with Gasteiger partial charge in [-0.15, -0.1) is 0 Å². The van der Waals surface area contributed by atoms with Crippen molar-refractivity contribution < 1.29 is 36.2 Å². The summed E-state index contributed by atoms with van der Waals surface area (Å²) in [6.07, 6.45) is -5.26. The van der Waals surface area contributed by atoms with Gasteiger partial charge in [0, 0.05) is 24.2 Å². The Labute approximate surface area is 235 Å². The van der Waals surface area contributed by atoms with E-state index < -0.39 is 70.8 Å². The van der Waals surface area contributed by atoms with Crippen molar-refractivity contribution >= 4 is 28.4 Å². The first-order chi connectivity index (χ1) is 19.9. The molecule has 6 atom stereocenters. The molecule has 0 aliphatic carbocycles. The molecule has 4 aliphatic rings. The molecule has 0 radical (unpaired) electrons.